The van der Waals surface area contributed by atoms with Gasteiger partial charge in [0.25, 0.3) is 0 Å². The van der Waals surface area contributed by atoms with Gasteiger partial charge in [-0.3, -0.25) is 0 Å². The molecule has 0 aromatic heterocycles. The first kappa shape index (κ1) is 14.6. The number of fused-ring (bicyclic) bond motifs is 2. The lowest BCUT2D eigenvalue weighted by molar-refractivity contribution is 0.416. The maximum atomic E-state index is 6.01. The minimum Gasteiger partial charge on any atom is -0.495 e. The summed E-state index contributed by atoms with van der Waals surface area (Å²) >= 11 is 0. The van der Waals surface area contributed by atoms with Gasteiger partial charge in [-0.05, 0) is 41.0 Å². The highest BCUT2D eigenvalue weighted by Crippen LogP contribution is 2.48. The summed E-state index contributed by atoms with van der Waals surface area (Å²) in [7, 11) is 3.78. The Balaban J connectivity index is 1.97. The van der Waals surface area contributed by atoms with Crippen molar-refractivity contribution in [3.8, 4) is 5.75 Å². The molecular formula is C21H20N2O. The molecule has 1 heterocycles. The zero-order valence-electron chi connectivity index (χ0n) is 13.9. The minimum absolute atomic E-state index is 0.170. The van der Waals surface area contributed by atoms with Crippen LogP contribution in [0.15, 0.2) is 66.7 Å². The van der Waals surface area contributed by atoms with Crippen LogP contribution in [0.1, 0.15) is 22.6 Å². The van der Waals surface area contributed by atoms with Crippen LogP contribution in [-0.2, 0) is 0 Å². The molecule has 0 amide bonds. The fourth-order valence-electron chi connectivity index (χ4n) is 3.64. The molecule has 0 spiro atoms. The summed E-state index contributed by atoms with van der Waals surface area (Å²) in [5.74, 6) is 0.893. The number of rotatable bonds is 2. The van der Waals surface area contributed by atoms with Crippen LogP contribution in [0.3, 0.4) is 0 Å². The molecule has 0 fully saturated rings. The second-order valence-corrected chi connectivity index (χ2v) is 6.11. The lowest BCUT2D eigenvalue weighted by atomic mass is 9.80. The number of methoxy groups -OCH3 is 1. The molecule has 0 atom stereocenters. The van der Waals surface area contributed by atoms with E-state index in [0.717, 1.165) is 5.75 Å². The number of ether oxygens (including phenoxy) is 1. The van der Waals surface area contributed by atoms with Crippen LogP contribution in [0, 0.1) is 0 Å². The number of nitrogen functional groups attached to an aromatic ring is 1. The molecule has 1 aliphatic heterocycles. The van der Waals surface area contributed by atoms with Crippen molar-refractivity contribution in [2.75, 3.05) is 24.8 Å². The molecule has 3 aromatic carbocycles. The molecule has 0 aliphatic carbocycles. The summed E-state index contributed by atoms with van der Waals surface area (Å²) in [6, 6.07) is 23.2. The highest BCUT2D eigenvalue weighted by atomic mass is 16.5. The molecule has 0 radical (unpaired) electrons. The molecule has 3 aromatic rings. The zero-order valence-corrected chi connectivity index (χ0v) is 13.9. The number of anilines is 3. The molecule has 24 heavy (non-hydrogen) atoms. The topological polar surface area (TPSA) is 38.5 Å². The van der Waals surface area contributed by atoms with Crippen LogP contribution in [0.4, 0.5) is 17.1 Å². The lowest BCUT2D eigenvalue weighted by Gasteiger charge is -2.35. The first-order valence-corrected chi connectivity index (χ1v) is 8.05. The Labute approximate surface area is 142 Å². The normalized spacial score (nSPS) is 13.3. The average molecular weight is 316 g/mol. The number of nitrogens with zero attached hydrogens (tertiary/aromatic N) is 1. The molecule has 3 heteroatoms. The van der Waals surface area contributed by atoms with Crippen molar-refractivity contribution in [3.63, 3.8) is 0 Å². The van der Waals surface area contributed by atoms with Crippen molar-refractivity contribution in [1.82, 2.24) is 0 Å². The van der Waals surface area contributed by atoms with Crippen LogP contribution in [0.25, 0.3) is 0 Å². The van der Waals surface area contributed by atoms with Gasteiger partial charge in [0.1, 0.15) is 5.75 Å². The molecular weight excluding hydrogens is 296 g/mol. The van der Waals surface area contributed by atoms with Crippen LogP contribution in [-0.4, -0.2) is 14.2 Å². The van der Waals surface area contributed by atoms with Crippen molar-refractivity contribution in [2.45, 2.75) is 5.92 Å². The van der Waals surface area contributed by atoms with Crippen molar-refractivity contribution >= 4 is 17.1 Å². The van der Waals surface area contributed by atoms with Gasteiger partial charge in [-0.2, -0.15) is 0 Å². The van der Waals surface area contributed by atoms with Gasteiger partial charge < -0.3 is 15.4 Å². The van der Waals surface area contributed by atoms with Crippen molar-refractivity contribution in [2.24, 2.45) is 0 Å². The van der Waals surface area contributed by atoms with Crippen molar-refractivity contribution < 1.29 is 4.74 Å². The van der Waals surface area contributed by atoms with Crippen LogP contribution >= 0.6 is 0 Å². The van der Waals surface area contributed by atoms with Gasteiger partial charge in [0.15, 0.2) is 0 Å². The third-order valence-corrected chi connectivity index (χ3v) is 4.81. The highest BCUT2D eigenvalue weighted by molar-refractivity contribution is 5.77. The van der Waals surface area contributed by atoms with Gasteiger partial charge in [-0.1, -0.05) is 42.5 Å². The number of hydrogen-bond acceptors (Lipinski definition) is 3. The average Bonchev–Trinajstić information content (AvgIpc) is 2.63. The number of benzene rings is 3. The molecule has 0 bridgehead atoms. The highest BCUT2D eigenvalue weighted by Gasteiger charge is 2.29. The smallest absolute Gasteiger partial charge is 0.142 e. The Morgan fingerprint density at radius 1 is 0.875 bits per heavy atom. The quantitative estimate of drug-likeness (QED) is 0.705. The van der Waals surface area contributed by atoms with E-state index >= 15 is 0 Å². The van der Waals surface area contributed by atoms with Gasteiger partial charge in [0, 0.05) is 24.3 Å². The number of nitrogens with two attached hydrogens (primary N) is 1. The van der Waals surface area contributed by atoms with Crippen molar-refractivity contribution in [1.29, 1.82) is 0 Å². The molecule has 1 aliphatic rings. The summed E-state index contributed by atoms with van der Waals surface area (Å²) in [6.07, 6.45) is 0. The number of para-hydroxylation sites is 2. The predicted molar refractivity (Wildman–Crippen MR) is 99.3 cm³/mol. The second kappa shape index (κ2) is 5.60. The van der Waals surface area contributed by atoms with E-state index in [-0.39, 0.29) is 5.92 Å². The minimum atomic E-state index is 0.170. The second-order valence-electron chi connectivity index (χ2n) is 6.11. The molecule has 0 saturated heterocycles. The zero-order chi connectivity index (χ0) is 16.7. The van der Waals surface area contributed by atoms with E-state index in [1.54, 1.807) is 7.11 Å². The van der Waals surface area contributed by atoms with E-state index in [1.165, 1.54) is 28.1 Å². The predicted octanol–water partition coefficient (Wildman–Crippen LogP) is 4.54. The fraction of sp³-hybridized carbons (Fsp3) is 0.143. The Kier molecular flexibility index (Phi) is 3.42. The Morgan fingerprint density at radius 3 is 2.04 bits per heavy atom. The Hall–Kier alpha value is -2.94. The standard InChI is InChI=1S/C21H20N2O/c1-23-18-9-5-3-7-15(18)21(16-8-4-6-10-19(16)23)14-11-12-17(22)20(13-14)24-2/h3-13,21H,22H2,1-2H3. The van der Waals surface area contributed by atoms with Crippen LogP contribution < -0.4 is 15.4 Å². The summed E-state index contributed by atoms with van der Waals surface area (Å²) in [5, 5.41) is 0. The van der Waals surface area contributed by atoms with Crippen molar-refractivity contribution in [3.05, 3.63) is 83.4 Å². The largest absolute Gasteiger partial charge is 0.495 e. The summed E-state index contributed by atoms with van der Waals surface area (Å²) in [5.41, 5.74) is 12.9. The van der Waals surface area contributed by atoms with Crippen LogP contribution in [0.2, 0.25) is 0 Å². The molecule has 3 nitrogen and oxygen atoms in total. The van der Waals surface area contributed by atoms with E-state index in [2.05, 4.69) is 72.6 Å². The fourth-order valence-corrected chi connectivity index (χ4v) is 3.64. The first-order chi connectivity index (χ1) is 11.7. The van der Waals surface area contributed by atoms with Gasteiger partial charge in [0.05, 0.1) is 12.8 Å². The van der Waals surface area contributed by atoms with E-state index in [4.69, 9.17) is 10.5 Å². The van der Waals surface area contributed by atoms with Gasteiger partial charge >= 0.3 is 0 Å². The first-order valence-electron chi connectivity index (χ1n) is 8.05. The summed E-state index contributed by atoms with van der Waals surface area (Å²) in [6.45, 7) is 0. The SMILES string of the molecule is COc1cc(C2c3ccccc3N(C)c3ccccc32)ccc1N. The maximum absolute atomic E-state index is 6.01. The van der Waals surface area contributed by atoms with Crippen LogP contribution in [0.5, 0.6) is 5.75 Å². The van der Waals surface area contributed by atoms with Gasteiger partial charge in [-0.25, -0.2) is 0 Å². The molecule has 0 saturated carbocycles. The van der Waals surface area contributed by atoms with Gasteiger partial charge in [-0.15, -0.1) is 0 Å². The third-order valence-electron chi connectivity index (χ3n) is 4.81. The molecule has 4 rings (SSSR count). The van der Waals surface area contributed by atoms with Gasteiger partial charge in [0.2, 0.25) is 0 Å². The van der Waals surface area contributed by atoms with E-state index < -0.39 is 0 Å². The van der Waals surface area contributed by atoms with E-state index in [0.29, 0.717) is 5.69 Å². The monoisotopic (exact) mass is 316 g/mol. The molecule has 2 N–H and O–H groups in total. The number of hydrogen-bond donors (Lipinski definition) is 1. The Bertz CT molecular complexity index is 856. The third kappa shape index (κ3) is 2.13. The maximum Gasteiger partial charge on any atom is 0.142 e. The molecule has 0 unspecified atom stereocenters. The summed E-state index contributed by atoms with van der Waals surface area (Å²) in [4.78, 5) is 2.26. The van der Waals surface area contributed by atoms with E-state index in [1.807, 2.05) is 6.07 Å². The molecule has 120 valence electrons. The summed E-state index contributed by atoms with van der Waals surface area (Å²) < 4.78 is 5.44. The Morgan fingerprint density at radius 2 is 1.46 bits per heavy atom. The lowest BCUT2D eigenvalue weighted by Crippen LogP contribution is -2.22. The van der Waals surface area contributed by atoms with E-state index in [9.17, 15) is 0 Å².